The van der Waals surface area contributed by atoms with Crippen LogP contribution in [0.5, 0.6) is 0 Å². The molecule has 13 heavy (non-hydrogen) atoms. The number of hydrogen-bond acceptors (Lipinski definition) is 3. The first-order chi connectivity index (χ1) is 6.36. The first kappa shape index (κ1) is 10.0. The zero-order chi connectivity index (χ0) is 9.52. The summed E-state index contributed by atoms with van der Waals surface area (Å²) in [6.45, 7) is 1.38. The maximum Gasteiger partial charge on any atom is 0.130 e. The molecule has 0 aliphatic carbocycles. The second-order valence-electron chi connectivity index (χ2n) is 2.70. The first-order valence-corrected chi connectivity index (χ1v) is 4.25. The number of hydrogen-bond donors (Lipinski definition) is 1. The largest absolute Gasteiger partial charge is 0.459 e. The zero-order valence-corrected chi connectivity index (χ0v) is 8.04. The molecule has 0 amide bonds. The molecule has 72 valence electrons. The molecule has 1 heterocycles. The molecule has 1 aromatic rings. The molecule has 1 rings (SSSR count). The summed E-state index contributed by atoms with van der Waals surface area (Å²) in [7, 11) is 3.56. The predicted molar refractivity (Wildman–Crippen MR) is 52.4 cm³/mol. The summed E-state index contributed by atoms with van der Waals surface area (Å²) in [5, 5.41) is 3.02. The molecule has 3 nitrogen and oxygen atoms in total. The summed E-state index contributed by atoms with van der Waals surface area (Å²) < 4.78 is 10.4. The second-order valence-corrected chi connectivity index (χ2v) is 2.70. The third-order valence-corrected chi connectivity index (χ3v) is 1.57. The van der Waals surface area contributed by atoms with Crippen LogP contribution in [0.3, 0.4) is 0 Å². The van der Waals surface area contributed by atoms with Crippen molar-refractivity contribution in [2.24, 2.45) is 0 Å². The van der Waals surface area contributed by atoms with Gasteiger partial charge in [-0.15, -0.1) is 0 Å². The molecule has 0 radical (unpaired) electrons. The van der Waals surface area contributed by atoms with E-state index in [-0.39, 0.29) is 0 Å². The normalized spacial score (nSPS) is 11.2. The summed E-state index contributed by atoms with van der Waals surface area (Å²) >= 11 is 0. The van der Waals surface area contributed by atoms with E-state index in [1.165, 1.54) is 0 Å². The molecular weight excluding hydrogens is 166 g/mol. The van der Waals surface area contributed by atoms with Crippen LogP contribution in [0, 0.1) is 0 Å². The number of ether oxygens (including phenoxy) is 1. The summed E-state index contributed by atoms with van der Waals surface area (Å²) in [4.78, 5) is 0. The van der Waals surface area contributed by atoms with Crippen LogP contribution in [0.2, 0.25) is 0 Å². The van der Waals surface area contributed by atoms with Gasteiger partial charge in [0.2, 0.25) is 0 Å². The van der Waals surface area contributed by atoms with Crippen molar-refractivity contribution in [3.8, 4) is 0 Å². The molecule has 1 aromatic heterocycles. The first-order valence-electron chi connectivity index (χ1n) is 4.25. The maximum atomic E-state index is 5.43. The van der Waals surface area contributed by atoms with E-state index in [4.69, 9.17) is 9.15 Å². The van der Waals surface area contributed by atoms with E-state index in [0.29, 0.717) is 6.61 Å². The van der Waals surface area contributed by atoms with Gasteiger partial charge in [0.1, 0.15) is 18.1 Å². The molecule has 0 aliphatic rings. The smallest absolute Gasteiger partial charge is 0.130 e. The molecule has 0 aliphatic heterocycles. The van der Waals surface area contributed by atoms with Crippen molar-refractivity contribution < 1.29 is 9.15 Å². The monoisotopic (exact) mass is 181 g/mol. The lowest BCUT2D eigenvalue weighted by Gasteiger charge is -1.91. The number of likely N-dealkylation sites (N-methyl/N-ethyl adjacent to an activating group) is 1. The Morgan fingerprint density at radius 1 is 1.54 bits per heavy atom. The Labute approximate surface area is 78.4 Å². The highest BCUT2D eigenvalue weighted by atomic mass is 16.5. The highest BCUT2D eigenvalue weighted by Crippen LogP contribution is 2.09. The van der Waals surface area contributed by atoms with Crippen molar-refractivity contribution in [2.75, 3.05) is 20.7 Å². The standard InChI is InChI=1S/C10H15NO2/c1-11-7-3-4-9-5-6-10(13-9)8-12-2/h3-6,11H,7-8H2,1-2H3. The fourth-order valence-electron chi connectivity index (χ4n) is 0.997. The van der Waals surface area contributed by atoms with E-state index >= 15 is 0 Å². The molecular formula is C10H15NO2. The van der Waals surface area contributed by atoms with E-state index in [1.54, 1.807) is 7.11 Å². The van der Waals surface area contributed by atoms with Crippen LogP contribution >= 0.6 is 0 Å². The molecule has 0 unspecified atom stereocenters. The number of furan rings is 1. The zero-order valence-electron chi connectivity index (χ0n) is 8.04. The highest BCUT2D eigenvalue weighted by Gasteiger charge is 1.96. The summed E-state index contributed by atoms with van der Waals surface area (Å²) in [5.74, 6) is 1.72. The van der Waals surface area contributed by atoms with Crippen LogP contribution in [0.4, 0.5) is 0 Å². The SMILES string of the molecule is CNCC=Cc1ccc(COC)o1. The Morgan fingerprint density at radius 3 is 3.08 bits per heavy atom. The van der Waals surface area contributed by atoms with E-state index in [1.807, 2.05) is 31.3 Å². The minimum Gasteiger partial charge on any atom is -0.459 e. The van der Waals surface area contributed by atoms with Crippen molar-refractivity contribution >= 4 is 6.08 Å². The lowest BCUT2D eigenvalue weighted by atomic mass is 10.4. The molecule has 0 bridgehead atoms. The Kier molecular flexibility index (Phi) is 4.29. The second kappa shape index (κ2) is 5.56. The summed E-state index contributed by atoms with van der Waals surface area (Å²) in [5.41, 5.74) is 0. The Hall–Kier alpha value is -1.06. The molecule has 0 saturated heterocycles. The maximum absolute atomic E-state index is 5.43. The fourth-order valence-corrected chi connectivity index (χ4v) is 0.997. The van der Waals surface area contributed by atoms with Gasteiger partial charge in [0.05, 0.1) is 0 Å². The van der Waals surface area contributed by atoms with Gasteiger partial charge in [-0.05, 0) is 25.3 Å². The van der Waals surface area contributed by atoms with Gasteiger partial charge in [0, 0.05) is 13.7 Å². The van der Waals surface area contributed by atoms with E-state index in [9.17, 15) is 0 Å². The van der Waals surface area contributed by atoms with Gasteiger partial charge >= 0.3 is 0 Å². The minimum absolute atomic E-state index is 0.528. The molecule has 1 N–H and O–H groups in total. The van der Waals surface area contributed by atoms with Crippen LogP contribution in [0.15, 0.2) is 22.6 Å². The fraction of sp³-hybridized carbons (Fsp3) is 0.400. The number of methoxy groups -OCH3 is 1. The lowest BCUT2D eigenvalue weighted by Crippen LogP contribution is -2.03. The Morgan fingerprint density at radius 2 is 2.38 bits per heavy atom. The van der Waals surface area contributed by atoms with Crippen molar-refractivity contribution in [2.45, 2.75) is 6.61 Å². The Bertz CT molecular complexity index is 266. The van der Waals surface area contributed by atoms with Gasteiger partial charge < -0.3 is 14.5 Å². The Balaban J connectivity index is 2.48. The molecule has 0 saturated carbocycles. The van der Waals surface area contributed by atoms with Gasteiger partial charge in [0.25, 0.3) is 0 Å². The van der Waals surface area contributed by atoms with Gasteiger partial charge in [-0.1, -0.05) is 6.08 Å². The van der Waals surface area contributed by atoms with Crippen molar-refractivity contribution in [1.29, 1.82) is 0 Å². The number of nitrogens with one attached hydrogen (secondary N) is 1. The van der Waals surface area contributed by atoms with Gasteiger partial charge in [-0.25, -0.2) is 0 Å². The molecule has 0 fully saturated rings. The van der Waals surface area contributed by atoms with E-state index in [0.717, 1.165) is 18.1 Å². The summed E-state index contributed by atoms with van der Waals surface area (Å²) in [6.07, 6.45) is 3.95. The van der Waals surface area contributed by atoms with Crippen LogP contribution in [0.25, 0.3) is 6.08 Å². The molecule has 0 spiro atoms. The van der Waals surface area contributed by atoms with E-state index in [2.05, 4.69) is 5.32 Å². The van der Waals surface area contributed by atoms with Crippen molar-refractivity contribution in [1.82, 2.24) is 5.32 Å². The van der Waals surface area contributed by atoms with Crippen LogP contribution in [-0.4, -0.2) is 20.7 Å². The van der Waals surface area contributed by atoms with Gasteiger partial charge in [0.15, 0.2) is 0 Å². The van der Waals surface area contributed by atoms with Crippen LogP contribution in [0.1, 0.15) is 11.5 Å². The van der Waals surface area contributed by atoms with Crippen LogP contribution < -0.4 is 5.32 Å². The average Bonchev–Trinajstić information content (AvgIpc) is 2.54. The molecule has 3 heteroatoms. The van der Waals surface area contributed by atoms with Gasteiger partial charge in [-0.3, -0.25) is 0 Å². The predicted octanol–water partition coefficient (Wildman–Crippen LogP) is 1.66. The van der Waals surface area contributed by atoms with Crippen LogP contribution in [-0.2, 0) is 11.3 Å². The summed E-state index contributed by atoms with van der Waals surface area (Å²) in [6, 6.07) is 3.85. The van der Waals surface area contributed by atoms with Crippen molar-refractivity contribution in [3.05, 3.63) is 29.7 Å². The lowest BCUT2D eigenvalue weighted by molar-refractivity contribution is 0.164. The third kappa shape index (κ3) is 3.44. The van der Waals surface area contributed by atoms with E-state index < -0.39 is 0 Å². The topological polar surface area (TPSA) is 34.4 Å². The third-order valence-electron chi connectivity index (χ3n) is 1.57. The quantitative estimate of drug-likeness (QED) is 0.750. The highest BCUT2D eigenvalue weighted by molar-refractivity contribution is 5.42. The van der Waals surface area contributed by atoms with Crippen molar-refractivity contribution in [3.63, 3.8) is 0 Å². The number of rotatable bonds is 5. The average molecular weight is 181 g/mol. The van der Waals surface area contributed by atoms with Gasteiger partial charge in [-0.2, -0.15) is 0 Å². The molecule has 0 aromatic carbocycles. The minimum atomic E-state index is 0.528. The molecule has 0 atom stereocenters.